The highest BCUT2D eigenvalue weighted by Crippen LogP contribution is 2.42. The number of hydrogen-bond donors (Lipinski definition) is 0. The van der Waals surface area contributed by atoms with Crippen LogP contribution in [0, 0.1) is 0 Å². The van der Waals surface area contributed by atoms with Crippen molar-refractivity contribution in [3.8, 4) is 0 Å². The van der Waals surface area contributed by atoms with Gasteiger partial charge in [0.25, 0.3) is 0 Å². The van der Waals surface area contributed by atoms with Gasteiger partial charge in [-0.25, -0.2) is 0 Å². The highest BCUT2D eigenvalue weighted by molar-refractivity contribution is 8.03. The van der Waals surface area contributed by atoms with Crippen molar-refractivity contribution in [2.75, 3.05) is 6.61 Å². The van der Waals surface area contributed by atoms with Crippen LogP contribution in [0.15, 0.2) is 45.9 Å². The van der Waals surface area contributed by atoms with Gasteiger partial charge >= 0.3 is 0 Å². The Morgan fingerprint density at radius 3 is 3.15 bits per heavy atom. The van der Waals surface area contributed by atoms with Gasteiger partial charge in [-0.15, -0.1) is 0 Å². The molecule has 0 atom stereocenters. The molecule has 3 rings (SSSR count). The van der Waals surface area contributed by atoms with Crippen molar-refractivity contribution in [1.82, 2.24) is 0 Å². The van der Waals surface area contributed by atoms with Gasteiger partial charge < -0.3 is 4.74 Å². The van der Waals surface area contributed by atoms with E-state index in [1.807, 2.05) is 0 Å². The number of rotatable bonds is 0. The minimum atomic E-state index is 0.724. The second-order valence-corrected chi connectivity index (χ2v) is 4.11. The zero-order valence-corrected chi connectivity index (χ0v) is 7.80. The van der Waals surface area contributed by atoms with Crippen LogP contribution < -0.4 is 0 Å². The standard InChI is InChI=1S/C11H8OS/c1-2-4-10-8(3-1)7-9-11(13-10)5-6-12-9/h1-5,7H,6H2. The van der Waals surface area contributed by atoms with Crippen LogP contribution in [0.3, 0.4) is 0 Å². The van der Waals surface area contributed by atoms with Gasteiger partial charge in [0.15, 0.2) is 0 Å². The molecule has 0 saturated carbocycles. The highest BCUT2D eigenvalue weighted by Gasteiger charge is 2.20. The molecular formula is C11H8OS. The summed E-state index contributed by atoms with van der Waals surface area (Å²) < 4.78 is 5.46. The summed E-state index contributed by atoms with van der Waals surface area (Å²) in [7, 11) is 0. The summed E-state index contributed by atoms with van der Waals surface area (Å²) in [4.78, 5) is 2.58. The normalized spacial score (nSPS) is 18.2. The van der Waals surface area contributed by atoms with E-state index in [9.17, 15) is 0 Å². The van der Waals surface area contributed by atoms with Crippen LogP contribution in [0.5, 0.6) is 0 Å². The summed E-state index contributed by atoms with van der Waals surface area (Å²) in [6.45, 7) is 0.724. The van der Waals surface area contributed by atoms with Crippen LogP contribution in [0.25, 0.3) is 6.08 Å². The molecule has 0 unspecified atom stereocenters. The maximum atomic E-state index is 5.46. The minimum Gasteiger partial charge on any atom is -0.488 e. The van der Waals surface area contributed by atoms with Crippen molar-refractivity contribution in [1.29, 1.82) is 0 Å². The lowest BCUT2D eigenvalue weighted by atomic mass is 10.2. The van der Waals surface area contributed by atoms with Crippen molar-refractivity contribution in [3.63, 3.8) is 0 Å². The SMILES string of the molecule is C1=C2OCC=C2Sc2ccccc21. The van der Waals surface area contributed by atoms with E-state index in [0.717, 1.165) is 12.4 Å². The van der Waals surface area contributed by atoms with Gasteiger partial charge in [-0.2, -0.15) is 0 Å². The average Bonchev–Trinajstić information content (AvgIpc) is 2.61. The zero-order valence-electron chi connectivity index (χ0n) is 6.99. The van der Waals surface area contributed by atoms with Crippen molar-refractivity contribution >= 4 is 17.8 Å². The second-order valence-electron chi connectivity index (χ2n) is 3.03. The molecule has 0 saturated heterocycles. The van der Waals surface area contributed by atoms with Gasteiger partial charge in [-0.05, 0) is 23.8 Å². The molecule has 0 spiro atoms. The first kappa shape index (κ1) is 7.27. The third-order valence-corrected chi connectivity index (χ3v) is 3.36. The third kappa shape index (κ3) is 1.10. The Kier molecular flexibility index (Phi) is 1.49. The monoisotopic (exact) mass is 188 g/mol. The zero-order chi connectivity index (χ0) is 8.67. The van der Waals surface area contributed by atoms with Crippen molar-refractivity contribution in [2.45, 2.75) is 4.90 Å². The molecule has 1 nitrogen and oxygen atoms in total. The topological polar surface area (TPSA) is 9.23 Å². The lowest BCUT2D eigenvalue weighted by molar-refractivity contribution is 0.281. The Morgan fingerprint density at radius 1 is 1.23 bits per heavy atom. The second kappa shape index (κ2) is 2.67. The Bertz CT molecular complexity index is 418. The summed E-state index contributed by atoms with van der Waals surface area (Å²) in [5.74, 6) is 1.03. The number of fused-ring (bicyclic) bond motifs is 2. The predicted octanol–water partition coefficient (Wildman–Crippen LogP) is 3.05. The quantitative estimate of drug-likeness (QED) is 0.619. The lowest BCUT2D eigenvalue weighted by Gasteiger charge is -2.13. The summed E-state index contributed by atoms with van der Waals surface area (Å²) >= 11 is 1.80. The molecule has 2 heteroatoms. The van der Waals surface area contributed by atoms with Gasteiger partial charge in [-0.3, -0.25) is 0 Å². The smallest absolute Gasteiger partial charge is 0.134 e. The summed E-state index contributed by atoms with van der Waals surface area (Å²) in [5, 5.41) is 0. The molecule has 0 N–H and O–H groups in total. The van der Waals surface area contributed by atoms with E-state index in [0.29, 0.717) is 0 Å². The molecule has 0 aromatic heterocycles. The van der Waals surface area contributed by atoms with E-state index in [-0.39, 0.29) is 0 Å². The maximum Gasteiger partial charge on any atom is 0.134 e. The van der Waals surface area contributed by atoms with Gasteiger partial charge in [0.1, 0.15) is 12.4 Å². The molecule has 13 heavy (non-hydrogen) atoms. The summed E-state index contributed by atoms with van der Waals surface area (Å²) in [6.07, 6.45) is 4.25. The van der Waals surface area contributed by atoms with Crippen LogP contribution in [0.4, 0.5) is 0 Å². The predicted molar refractivity (Wildman–Crippen MR) is 54.3 cm³/mol. The molecule has 0 amide bonds. The van der Waals surface area contributed by atoms with Crippen molar-refractivity contribution in [2.24, 2.45) is 0 Å². The number of hydrogen-bond acceptors (Lipinski definition) is 2. The van der Waals surface area contributed by atoms with E-state index in [2.05, 4.69) is 36.4 Å². The molecule has 1 aromatic carbocycles. The largest absolute Gasteiger partial charge is 0.488 e. The Hall–Kier alpha value is -1.15. The summed E-state index contributed by atoms with van der Waals surface area (Å²) in [5.41, 5.74) is 1.27. The van der Waals surface area contributed by atoms with Crippen molar-refractivity contribution < 1.29 is 4.74 Å². The molecule has 64 valence electrons. The van der Waals surface area contributed by atoms with E-state index < -0.39 is 0 Å². The Morgan fingerprint density at radius 2 is 2.15 bits per heavy atom. The summed E-state index contributed by atoms with van der Waals surface area (Å²) in [6, 6.07) is 8.39. The first-order chi connectivity index (χ1) is 6.43. The lowest BCUT2D eigenvalue weighted by Crippen LogP contribution is -1.91. The minimum absolute atomic E-state index is 0.724. The van der Waals surface area contributed by atoms with E-state index in [1.165, 1.54) is 15.4 Å². The molecule has 2 aliphatic heterocycles. The molecule has 2 aliphatic rings. The van der Waals surface area contributed by atoms with E-state index in [1.54, 1.807) is 11.8 Å². The first-order valence-corrected chi connectivity index (χ1v) is 5.07. The Labute approximate surface area is 81.1 Å². The third-order valence-electron chi connectivity index (χ3n) is 2.18. The van der Waals surface area contributed by atoms with Crippen LogP contribution in [-0.4, -0.2) is 6.61 Å². The number of thioether (sulfide) groups is 1. The van der Waals surface area contributed by atoms with Crippen LogP contribution >= 0.6 is 11.8 Å². The molecule has 0 bridgehead atoms. The van der Waals surface area contributed by atoms with Crippen LogP contribution in [0.2, 0.25) is 0 Å². The fourth-order valence-electron chi connectivity index (χ4n) is 1.54. The van der Waals surface area contributed by atoms with Crippen LogP contribution in [-0.2, 0) is 4.74 Å². The molecule has 2 heterocycles. The highest BCUT2D eigenvalue weighted by atomic mass is 32.2. The first-order valence-electron chi connectivity index (χ1n) is 4.25. The van der Waals surface area contributed by atoms with Crippen molar-refractivity contribution in [3.05, 3.63) is 46.6 Å². The van der Waals surface area contributed by atoms with Gasteiger partial charge in [0, 0.05) is 4.90 Å². The number of ether oxygens (including phenoxy) is 1. The maximum absolute atomic E-state index is 5.46. The van der Waals surface area contributed by atoms with Gasteiger partial charge in [0.05, 0.1) is 4.91 Å². The molecular weight excluding hydrogens is 180 g/mol. The van der Waals surface area contributed by atoms with Crippen LogP contribution in [0.1, 0.15) is 5.56 Å². The van der Waals surface area contributed by atoms with Gasteiger partial charge in [0.2, 0.25) is 0 Å². The van der Waals surface area contributed by atoms with E-state index >= 15 is 0 Å². The average molecular weight is 188 g/mol. The number of benzene rings is 1. The fourth-order valence-corrected chi connectivity index (χ4v) is 2.53. The fraction of sp³-hybridized carbons (Fsp3) is 0.0909. The van der Waals surface area contributed by atoms with Gasteiger partial charge in [-0.1, -0.05) is 30.0 Å². The molecule has 0 fully saturated rings. The van der Waals surface area contributed by atoms with E-state index in [4.69, 9.17) is 4.74 Å². The molecule has 0 radical (unpaired) electrons. The Balaban J connectivity index is 2.18. The molecule has 1 aromatic rings. The molecule has 0 aliphatic carbocycles.